The Hall–Kier alpha value is -1.58. The molecule has 132 valence electrons. The molecule has 0 aliphatic heterocycles. The summed E-state index contributed by atoms with van der Waals surface area (Å²) in [6, 6.07) is 0. The Kier molecular flexibility index (Phi) is 9.54. The lowest BCUT2D eigenvalue weighted by atomic mass is 9.70. The van der Waals surface area contributed by atoms with Gasteiger partial charge in [0.05, 0.1) is 18.9 Å². The first-order chi connectivity index (χ1) is 10.7. The standard InChI is InChI=1S/C19H32O4/c1-8-10-11-15(17(20)23-13-12-14(3)4)16(18(21)22-7)19(5,6)9-2/h9,12,15-16H,2,8,10-11,13H2,1,3-7H3. The summed E-state index contributed by atoms with van der Waals surface area (Å²) in [7, 11) is 1.35. The molecule has 0 amide bonds. The van der Waals surface area contributed by atoms with Crippen LogP contribution in [0.4, 0.5) is 0 Å². The van der Waals surface area contributed by atoms with Crippen molar-refractivity contribution < 1.29 is 19.1 Å². The molecular weight excluding hydrogens is 292 g/mol. The lowest BCUT2D eigenvalue weighted by Gasteiger charge is -2.34. The largest absolute Gasteiger partial charge is 0.469 e. The van der Waals surface area contributed by atoms with Crippen LogP contribution >= 0.6 is 0 Å². The predicted molar refractivity (Wildman–Crippen MR) is 92.9 cm³/mol. The first-order valence-corrected chi connectivity index (χ1v) is 8.22. The summed E-state index contributed by atoms with van der Waals surface area (Å²) in [4.78, 5) is 24.9. The Labute approximate surface area is 140 Å². The van der Waals surface area contributed by atoms with Crippen molar-refractivity contribution in [2.45, 2.75) is 53.9 Å². The second-order valence-electron chi connectivity index (χ2n) is 6.69. The van der Waals surface area contributed by atoms with E-state index in [1.54, 1.807) is 6.08 Å². The van der Waals surface area contributed by atoms with Crippen LogP contribution in [0.25, 0.3) is 0 Å². The topological polar surface area (TPSA) is 52.6 Å². The van der Waals surface area contributed by atoms with E-state index >= 15 is 0 Å². The summed E-state index contributed by atoms with van der Waals surface area (Å²) in [5.41, 5.74) is 0.528. The molecule has 0 aromatic heterocycles. The molecule has 0 aliphatic rings. The molecule has 0 fully saturated rings. The van der Waals surface area contributed by atoms with Crippen LogP contribution in [-0.4, -0.2) is 25.7 Å². The van der Waals surface area contributed by atoms with Gasteiger partial charge in [0, 0.05) is 0 Å². The molecule has 0 radical (unpaired) electrons. The fourth-order valence-electron chi connectivity index (χ4n) is 2.48. The first kappa shape index (κ1) is 21.4. The van der Waals surface area contributed by atoms with Crippen LogP contribution in [0, 0.1) is 17.3 Å². The van der Waals surface area contributed by atoms with E-state index in [1.165, 1.54) is 7.11 Å². The molecule has 0 aromatic carbocycles. The minimum Gasteiger partial charge on any atom is -0.469 e. The van der Waals surface area contributed by atoms with Crippen molar-refractivity contribution >= 4 is 11.9 Å². The highest BCUT2D eigenvalue weighted by atomic mass is 16.5. The van der Waals surface area contributed by atoms with Gasteiger partial charge < -0.3 is 9.47 Å². The van der Waals surface area contributed by atoms with Crippen molar-refractivity contribution in [2.24, 2.45) is 17.3 Å². The van der Waals surface area contributed by atoms with Gasteiger partial charge in [-0.25, -0.2) is 0 Å². The molecule has 0 saturated carbocycles. The predicted octanol–water partition coefficient (Wildman–Crippen LogP) is 4.30. The van der Waals surface area contributed by atoms with Crippen LogP contribution in [0.1, 0.15) is 53.9 Å². The molecule has 2 atom stereocenters. The Morgan fingerprint density at radius 2 is 1.83 bits per heavy atom. The number of unbranched alkanes of at least 4 members (excludes halogenated alkanes) is 1. The van der Waals surface area contributed by atoms with Gasteiger partial charge in [-0.15, -0.1) is 6.58 Å². The summed E-state index contributed by atoms with van der Waals surface area (Å²) >= 11 is 0. The van der Waals surface area contributed by atoms with E-state index in [0.717, 1.165) is 18.4 Å². The molecule has 0 aromatic rings. The van der Waals surface area contributed by atoms with E-state index in [4.69, 9.17) is 9.47 Å². The number of carbonyl (C=O) groups is 2. The number of ether oxygens (including phenoxy) is 2. The van der Waals surface area contributed by atoms with E-state index in [9.17, 15) is 9.59 Å². The Morgan fingerprint density at radius 3 is 2.26 bits per heavy atom. The molecule has 2 unspecified atom stereocenters. The van der Waals surface area contributed by atoms with Crippen LogP contribution < -0.4 is 0 Å². The number of allylic oxidation sites excluding steroid dienone is 2. The molecule has 0 spiro atoms. The second-order valence-corrected chi connectivity index (χ2v) is 6.69. The summed E-state index contributed by atoms with van der Waals surface area (Å²) < 4.78 is 10.3. The van der Waals surface area contributed by atoms with E-state index < -0.39 is 23.2 Å². The quantitative estimate of drug-likeness (QED) is 0.444. The van der Waals surface area contributed by atoms with Crippen molar-refractivity contribution in [3.8, 4) is 0 Å². The minimum atomic E-state index is -0.601. The van der Waals surface area contributed by atoms with Gasteiger partial charge in [-0.1, -0.05) is 45.3 Å². The van der Waals surface area contributed by atoms with Crippen LogP contribution in [0.3, 0.4) is 0 Å². The first-order valence-electron chi connectivity index (χ1n) is 8.22. The van der Waals surface area contributed by atoms with Crippen LogP contribution in [-0.2, 0) is 19.1 Å². The average molecular weight is 324 g/mol. The van der Waals surface area contributed by atoms with Gasteiger partial charge in [0.15, 0.2) is 0 Å². The van der Waals surface area contributed by atoms with Gasteiger partial charge in [-0.3, -0.25) is 9.59 Å². The molecule has 0 bridgehead atoms. The summed E-state index contributed by atoms with van der Waals surface area (Å²) in [5.74, 6) is -1.87. The van der Waals surface area contributed by atoms with E-state index in [-0.39, 0.29) is 12.6 Å². The summed E-state index contributed by atoms with van der Waals surface area (Å²) in [6.07, 6.45) is 5.95. The van der Waals surface area contributed by atoms with Gasteiger partial charge in [0.2, 0.25) is 0 Å². The third-order valence-corrected chi connectivity index (χ3v) is 4.07. The number of carbonyl (C=O) groups excluding carboxylic acids is 2. The van der Waals surface area contributed by atoms with Crippen molar-refractivity contribution in [1.29, 1.82) is 0 Å². The lowest BCUT2D eigenvalue weighted by Crippen LogP contribution is -2.41. The third kappa shape index (κ3) is 7.02. The van der Waals surface area contributed by atoms with Gasteiger partial charge >= 0.3 is 11.9 Å². The van der Waals surface area contributed by atoms with Crippen LogP contribution in [0.2, 0.25) is 0 Å². The zero-order chi connectivity index (χ0) is 18.0. The molecule has 0 saturated heterocycles. The molecule has 0 heterocycles. The number of hydrogen-bond acceptors (Lipinski definition) is 4. The maximum absolute atomic E-state index is 12.6. The lowest BCUT2D eigenvalue weighted by molar-refractivity contribution is -0.162. The monoisotopic (exact) mass is 324 g/mol. The summed E-state index contributed by atoms with van der Waals surface area (Å²) in [6.45, 7) is 13.8. The van der Waals surface area contributed by atoms with E-state index in [2.05, 4.69) is 13.5 Å². The van der Waals surface area contributed by atoms with Crippen molar-refractivity contribution in [2.75, 3.05) is 13.7 Å². The van der Waals surface area contributed by atoms with Crippen LogP contribution in [0.15, 0.2) is 24.3 Å². The zero-order valence-corrected chi connectivity index (χ0v) is 15.5. The number of hydrogen-bond donors (Lipinski definition) is 0. The third-order valence-electron chi connectivity index (χ3n) is 4.07. The zero-order valence-electron chi connectivity index (χ0n) is 15.5. The van der Waals surface area contributed by atoms with Gasteiger partial charge in [-0.05, 0) is 31.8 Å². The number of rotatable bonds is 10. The molecule has 0 N–H and O–H groups in total. The highest BCUT2D eigenvalue weighted by Crippen LogP contribution is 2.37. The Balaban J connectivity index is 5.42. The minimum absolute atomic E-state index is 0.228. The molecule has 23 heavy (non-hydrogen) atoms. The van der Waals surface area contributed by atoms with E-state index in [1.807, 2.05) is 33.8 Å². The normalized spacial score (nSPS) is 13.7. The summed E-state index contributed by atoms with van der Waals surface area (Å²) in [5, 5.41) is 0. The Bertz CT molecular complexity index is 431. The fourth-order valence-corrected chi connectivity index (χ4v) is 2.48. The van der Waals surface area contributed by atoms with Gasteiger partial charge in [-0.2, -0.15) is 0 Å². The van der Waals surface area contributed by atoms with Crippen molar-refractivity contribution in [3.05, 3.63) is 24.3 Å². The van der Waals surface area contributed by atoms with E-state index in [0.29, 0.717) is 6.42 Å². The maximum atomic E-state index is 12.6. The molecule has 4 nitrogen and oxygen atoms in total. The SMILES string of the molecule is C=CC(C)(C)C(C(=O)OC)C(CCCC)C(=O)OCC=C(C)C. The Morgan fingerprint density at radius 1 is 1.22 bits per heavy atom. The van der Waals surface area contributed by atoms with Crippen molar-refractivity contribution in [1.82, 2.24) is 0 Å². The van der Waals surface area contributed by atoms with Gasteiger partial charge in [0.1, 0.15) is 6.61 Å². The highest BCUT2D eigenvalue weighted by molar-refractivity contribution is 5.83. The fraction of sp³-hybridized carbons (Fsp3) is 0.684. The smallest absolute Gasteiger partial charge is 0.310 e. The second kappa shape index (κ2) is 10.2. The molecular formula is C19H32O4. The number of esters is 2. The van der Waals surface area contributed by atoms with Crippen molar-refractivity contribution in [3.63, 3.8) is 0 Å². The maximum Gasteiger partial charge on any atom is 0.310 e. The number of methoxy groups -OCH3 is 1. The molecule has 0 aliphatic carbocycles. The highest BCUT2D eigenvalue weighted by Gasteiger charge is 2.43. The van der Waals surface area contributed by atoms with Gasteiger partial charge in [0.25, 0.3) is 0 Å². The average Bonchev–Trinajstić information content (AvgIpc) is 2.49. The molecule has 4 heteroatoms. The van der Waals surface area contributed by atoms with Crippen LogP contribution in [0.5, 0.6) is 0 Å². The molecule has 0 rings (SSSR count).